The van der Waals surface area contributed by atoms with E-state index in [0.717, 1.165) is 19.3 Å². The zero-order chi connectivity index (χ0) is 15.8. The minimum Gasteiger partial charge on any atom is -0.481 e. The minimum absolute atomic E-state index is 0.253. The van der Waals surface area contributed by atoms with Crippen LogP contribution in [0, 0.1) is 12.3 Å². The van der Waals surface area contributed by atoms with Crippen LogP contribution in [-0.2, 0) is 11.8 Å². The molecule has 1 aliphatic carbocycles. The van der Waals surface area contributed by atoms with Crippen molar-refractivity contribution >= 4 is 17.7 Å². The Hall–Kier alpha value is -2.05. The van der Waals surface area contributed by atoms with Crippen molar-refractivity contribution in [1.82, 2.24) is 9.78 Å². The SMILES string of the molecule is Cc1nn(C)c(NC2CCCCC2(C)C(=O)O)c1C(N)=O. The molecule has 0 bridgehead atoms. The summed E-state index contributed by atoms with van der Waals surface area (Å²) in [5.41, 5.74) is 5.43. The van der Waals surface area contributed by atoms with E-state index in [0.29, 0.717) is 23.5 Å². The molecule has 1 aromatic heterocycles. The van der Waals surface area contributed by atoms with Gasteiger partial charge in [0.05, 0.1) is 11.1 Å². The monoisotopic (exact) mass is 294 g/mol. The van der Waals surface area contributed by atoms with Gasteiger partial charge in [-0.2, -0.15) is 5.10 Å². The van der Waals surface area contributed by atoms with Gasteiger partial charge in [-0.15, -0.1) is 0 Å². The molecule has 1 fully saturated rings. The maximum atomic E-state index is 11.6. The van der Waals surface area contributed by atoms with Gasteiger partial charge >= 0.3 is 5.97 Å². The topological polar surface area (TPSA) is 110 Å². The lowest BCUT2D eigenvalue weighted by Gasteiger charge is -2.38. The van der Waals surface area contributed by atoms with Crippen LogP contribution < -0.4 is 11.1 Å². The average molecular weight is 294 g/mol. The number of carboxylic acid groups (broad SMARTS) is 1. The number of hydrogen-bond acceptors (Lipinski definition) is 4. The number of nitrogens with zero attached hydrogens (tertiary/aromatic N) is 2. The maximum Gasteiger partial charge on any atom is 0.311 e. The third-order valence-corrected chi connectivity index (χ3v) is 4.48. The first-order chi connectivity index (χ1) is 9.77. The molecule has 7 heteroatoms. The fourth-order valence-electron chi connectivity index (χ4n) is 3.10. The molecule has 116 valence electrons. The number of hydrogen-bond donors (Lipinski definition) is 3. The molecule has 0 radical (unpaired) electrons. The highest BCUT2D eigenvalue weighted by Gasteiger charge is 2.43. The van der Waals surface area contributed by atoms with Gasteiger partial charge in [-0.05, 0) is 26.7 Å². The van der Waals surface area contributed by atoms with Gasteiger partial charge in [0.25, 0.3) is 5.91 Å². The number of rotatable bonds is 4. The smallest absolute Gasteiger partial charge is 0.311 e. The summed E-state index contributed by atoms with van der Waals surface area (Å²) in [4.78, 5) is 23.2. The van der Waals surface area contributed by atoms with E-state index >= 15 is 0 Å². The van der Waals surface area contributed by atoms with Gasteiger partial charge in [-0.3, -0.25) is 14.3 Å². The summed E-state index contributed by atoms with van der Waals surface area (Å²) in [6.07, 6.45) is 3.21. The molecule has 2 rings (SSSR count). The zero-order valence-corrected chi connectivity index (χ0v) is 12.6. The number of nitrogens with one attached hydrogen (secondary N) is 1. The minimum atomic E-state index is -0.856. The van der Waals surface area contributed by atoms with Crippen LogP contribution in [0.3, 0.4) is 0 Å². The van der Waals surface area contributed by atoms with Crippen LogP contribution in [0.5, 0.6) is 0 Å². The fourth-order valence-corrected chi connectivity index (χ4v) is 3.10. The van der Waals surface area contributed by atoms with Crippen molar-refractivity contribution in [2.75, 3.05) is 5.32 Å². The normalized spacial score (nSPS) is 25.6. The van der Waals surface area contributed by atoms with Gasteiger partial charge in [-0.1, -0.05) is 12.8 Å². The van der Waals surface area contributed by atoms with Crippen molar-refractivity contribution < 1.29 is 14.7 Å². The van der Waals surface area contributed by atoms with Gasteiger partial charge in [0, 0.05) is 13.1 Å². The van der Waals surface area contributed by atoms with Gasteiger partial charge < -0.3 is 16.2 Å². The third-order valence-electron chi connectivity index (χ3n) is 4.48. The Morgan fingerprint density at radius 1 is 1.48 bits per heavy atom. The number of carbonyl (C=O) groups is 2. The second-order valence-corrected chi connectivity index (χ2v) is 5.96. The summed E-state index contributed by atoms with van der Waals surface area (Å²) < 4.78 is 1.55. The lowest BCUT2D eigenvalue weighted by Crippen LogP contribution is -2.47. The molecule has 1 aliphatic rings. The summed E-state index contributed by atoms with van der Waals surface area (Å²) in [7, 11) is 1.71. The summed E-state index contributed by atoms with van der Waals surface area (Å²) in [6, 6.07) is -0.253. The Bertz CT molecular complexity index is 581. The Kier molecular flexibility index (Phi) is 3.93. The predicted molar refractivity (Wildman–Crippen MR) is 78.1 cm³/mol. The van der Waals surface area contributed by atoms with Crippen molar-refractivity contribution in [3.8, 4) is 0 Å². The molecule has 2 atom stereocenters. The molecule has 0 spiro atoms. The van der Waals surface area contributed by atoms with Crippen LogP contribution >= 0.6 is 0 Å². The number of anilines is 1. The van der Waals surface area contributed by atoms with Gasteiger partial charge in [0.1, 0.15) is 11.4 Å². The first-order valence-electron chi connectivity index (χ1n) is 7.10. The van der Waals surface area contributed by atoms with Gasteiger partial charge in [-0.25, -0.2) is 0 Å². The van der Waals surface area contributed by atoms with E-state index in [2.05, 4.69) is 10.4 Å². The molecule has 0 saturated heterocycles. The van der Waals surface area contributed by atoms with Crippen molar-refractivity contribution in [3.63, 3.8) is 0 Å². The summed E-state index contributed by atoms with van der Waals surface area (Å²) in [5.74, 6) is -0.880. The van der Waals surface area contributed by atoms with E-state index in [1.807, 2.05) is 0 Å². The van der Waals surface area contributed by atoms with Crippen LogP contribution in [-0.4, -0.2) is 32.8 Å². The highest BCUT2D eigenvalue weighted by molar-refractivity contribution is 5.99. The second kappa shape index (κ2) is 5.38. The number of aromatic nitrogens is 2. The molecule has 1 heterocycles. The number of aliphatic carboxylic acids is 1. The Morgan fingerprint density at radius 3 is 2.71 bits per heavy atom. The Labute approximate surface area is 123 Å². The number of amides is 1. The molecule has 1 amide bonds. The molecule has 21 heavy (non-hydrogen) atoms. The first kappa shape index (κ1) is 15.3. The second-order valence-electron chi connectivity index (χ2n) is 5.96. The zero-order valence-electron chi connectivity index (χ0n) is 12.6. The predicted octanol–water partition coefficient (Wildman–Crippen LogP) is 1.27. The van der Waals surface area contributed by atoms with E-state index in [1.165, 1.54) is 0 Å². The van der Waals surface area contributed by atoms with Crippen LogP contribution in [0.4, 0.5) is 5.82 Å². The summed E-state index contributed by atoms with van der Waals surface area (Å²) >= 11 is 0. The molecule has 2 unspecified atom stereocenters. The standard InChI is InChI=1S/C14H22N4O3/c1-8-10(11(15)19)12(18(3)17-8)16-9-6-4-5-7-14(9,2)13(20)21/h9,16H,4-7H2,1-3H3,(H2,15,19)(H,20,21). The van der Waals surface area contributed by atoms with Gasteiger partial charge in [0.2, 0.25) is 0 Å². The maximum absolute atomic E-state index is 11.6. The quantitative estimate of drug-likeness (QED) is 0.774. The van der Waals surface area contributed by atoms with Crippen LogP contribution in [0.25, 0.3) is 0 Å². The lowest BCUT2D eigenvalue weighted by atomic mass is 9.71. The molecule has 1 saturated carbocycles. The largest absolute Gasteiger partial charge is 0.481 e. The highest BCUT2D eigenvalue weighted by Crippen LogP contribution is 2.38. The molecule has 1 aromatic rings. The number of primary amides is 1. The Balaban J connectivity index is 2.37. The van der Waals surface area contributed by atoms with E-state index in [1.54, 1.807) is 25.6 Å². The molecule has 7 nitrogen and oxygen atoms in total. The molecular weight excluding hydrogens is 272 g/mol. The van der Waals surface area contributed by atoms with Crippen molar-refractivity contribution in [3.05, 3.63) is 11.3 Å². The lowest BCUT2D eigenvalue weighted by molar-refractivity contribution is -0.150. The van der Waals surface area contributed by atoms with E-state index in [-0.39, 0.29) is 6.04 Å². The van der Waals surface area contributed by atoms with Crippen LogP contribution in [0.15, 0.2) is 0 Å². The Morgan fingerprint density at radius 2 is 2.14 bits per heavy atom. The van der Waals surface area contributed by atoms with Crippen LogP contribution in [0.1, 0.15) is 48.7 Å². The molecule has 0 aromatic carbocycles. The molecular formula is C14H22N4O3. The molecule has 0 aliphatic heterocycles. The average Bonchev–Trinajstić information content (AvgIpc) is 2.66. The highest BCUT2D eigenvalue weighted by atomic mass is 16.4. The van der Waals surface area contributed by atoms with E-state index in [9.17, 15) is 14.7 Å². The molecule has 4 N–H and O–H groups in total. The summed E-state index contributed by atoms with van der Waals surface area (Å²) in [5, 5.41) is 17.0. The fraction of sp³-hybridized carbons (Fsp3) is 0.643. The van der Waals surface area contributed by atoms with Crippen LogP contribution in [0.2, 0.25) is 0 Å². The van der Waals surface area contributed by atoms with Crippen molar-refractivity contribution in [1.29, 1.82) is 0 Å². The van der Waals surface area contributed by atoms with Gasteiger partial charge in [0.15, 0.2) is 0 Å². The van der Waals surface area contributed by atoms with E-state index in [4.69, 9.17) is 5.73 Å². The number of nitrogens with two attached hydrogens (primary N) is 1. The van der Waals surface area contributed by atoms with Crippen molar-refractivity contribution in [2.24, 2.45) is 18.2 Å². The number of carboxylic acids is 1. The van der Waals surface area contributed by atoms with E-state index < -0.39 is 17.3 Å². The summed E-state index contributed by atoms with van der Waals surface area (Å²) in [6.45, 7) is 3.46. The third kappa shape index (κ3) is 2.59. The number of carbonyl (C=O) groups excluding carboxylic acids is 1. The van der Waals surface area contributed by atoms with Crippen molar-refractivity contribution in [2.45, 2.75) is 45.6 Å². The first-order valence-corrected chi connectivity index (χ1v) is 7.10. The number of aryl methyl sites for hydroxylation is 2.